The fourth-order valence-corrected chi connectivity index (χ4v) is 7.00. The second-order valence-corrected chi connectivity index (χ2v) is 10.9. The molecule has 1 unspecified atom stereocenters. The fourth-order valence-electron chi connectivity index (χ4n) is 5.66. The van der Waals surface area contributed by atoms with Crippen molar-refractivity contribution in [2.24, 2.45) is 0 Å². The second kappa shape index (κ2) is 8.54. The summed E-state index contributed by atoms with van der Waals surface area (Å²) in [5, 5.41) is 1.61. The Bertz CT molecular complexity index is 1810. The van der Waals surface area contributed by atoms with Crippen molar-refractivity contribution in [3.05, 3.63) is 126 Å². The van der Waals surface area contributed by atoms with Crippen molar-refractivity contribution in [1.82, 2.24) is 19.5 Å². The number of hydrogen-bond donors (Lipinski definition) is 0. The molecule has 6 aromatic rings. The van der Waals surface area contributed by atoms with Crippen molar-refractivity contribution in [3.8, 4) is 28.7 Å². The van der Waals surface area contributed by atoms with E-state index in [1.807, 2.05) is 48.2 Å². The molecular weight excluding hydrogens is 484 g/mol. The first-order chi connectivity index (χ1) is 18.8. The summed E-state index contributed by atoms with van der Waals surface area (Å²) in [4.78, 5) is 16.4. The van der Waals surface area contributed by atoms with Gasteiger partial charge in [-0.2, -0.15) is 9.97 Å². The zero-order valence-corrected chi connectivity index (χ0v) is 21.3. The number of nitrogens with zero attached hydrogens (tertiary/aromatic N) is 4. The van der Waals surface area contributed by atoms with Gasteiger partial charge in [-0.15, -0.1) is 11.8 Å². The van der Waals surface area contributed by atoms with E-state index in [4.69, 9.17) is 15.0 Å². The van der Waals surface area contributed by atoms with E-state index in [0.717, 1.165) is 23.1 Å². The molecule has 180 valence electrons. The van der Waals surface area contributed by atoms with Crippen LogP contribution in [-0.4, -0.2) is 24.8 Å². The van der Waals surface area contributed by atoms with Gasteiger partial charge in [0.25, 0.3) is 0 Å². The van der Waals surface area contributed by atoms with Gasteiger partial charge in [-0.25, -0.2) is 4.98 Å². The first-order valence-electron chi connectivity index (χ1n) is 12.8. The molecule has 0 N–H and O–H groups in total. The molecule has 2 aromatic heterocycles. The highest BCUT2D eigenvalue weighted by Crippen LogP contribution is 2.51. The van der Waals surface area contributed by atoms with Crippen LogP contribution < -0.4 is 0 Å². The molecule has 8 rings (SSSR count). The lowest BCUT2D eigenvalue weighted by molar-refractivity contribution is 0.852. The summed E-state index contributed by atoms with van der Waals surface area (Å²) in [6.07, 6.45) is 3.32. The van der Waals surface area contributed by atoms with Gasteiger partial charge in [-0.3, -0.25) is 4.57 Å². The fraction of sp³-hybridized carbons (Fsp3) is 0.0606. The Kier molecular flexibility index (Phi) is 4.85. The lowest BCUT2D eigenvalue weighted by atomic mass is 9.91. The molecule has 0 spiro atoms. The molecule has 0 fully saturated rings. The van der Waals surface area contributed by atoms with Crippen molar-refractivity contribution in [1.29, 1.82) is 0 Å². The van der Waals surface area contributed by atoms with Crippen molar-refractivity contribution in [2.45, 2.75) is 16.6 Å². The van der Waals surface area contributed by atoms with Crippen LogP contribution in [0.15, 0.2) is 114 Å². The molecule has 0 amide bonds. The molecule has 4 aromatic carbocycles. The molecule has 1 atom stereocenters. The SMILES string of the molecule is C1=C2c3ccccc3SC2Cc2c1c1ccccc1n2-c1nc(-c2ccccc2)nc(-c2ccccc2)n1. The second-order valence-electron chi connectivity index (χ2n) is 9.63. The minimum absolute atomic E-state index is 0.381. The molecule has 0 radical (unpaired) electrons. The topological polar surface area (TPSA) is 43.6 Å². The Morgan fingerprint density at radius 3 is 2.03 bits per heavy atom. The van der Waals surface area contributed by atoms with Crippen LogP contribution in [-0.2, 0) is 6.42 Å². The van der Waals surface area contributed by atoms with Crippen LogP contribution in [0.4, 0.5) is 0 Å². The van der Waals surface area contributed by atoms with Crippen LogP contribution in [0, 0.1) is 0 Å². The number of hydrogen-bond acceptors (Lipinski definition) is 4. The van der Waals surface area contributed by atoms with Gasteiger partial charge in [-0.05, 0) is 29.3 Å². The Labute approximate surface area is 224 Å². The smallest absolute Gasteiger partial charge is 0.238 e. The first kappa shape index (κ1) is 21.6. The van der Waals surface area contributed by atoms with Crippen molar-refractivity contribution >= 4 is 34.3 Å². The summed E-state index contributed by atoms with van der Waals surface area (Å²) >= 11 is 1.96. The van der Waals surface area contributed by atoms with Crippen LogP contribution in [0.2, 0.25) is 0 Å². The summed E-state index contributed by atoms with van der Waals surface area (Å²) in [7, 11) is 0. The Hall–Kier alpha value is -4.48. The zero-order valence-electron chi connectivity index (χ0n) is 20.5. The van der Waals surface area contributed by atoms with Gasteiger partial charge in [0, 0.05) is 44.3 Å². The number of rotatable bonds is 3. The molecule has 0 bridgehead atoms. The van der Waals surface area contributed by atoms with E-state index in [0.29, 0.717) is 22.8 Å². The van der Waals surface area contributed by atoms with Gasteiger partial charge >= 0.3 is 0 Å². The highest BCUT2D eigenvalue weighted by molar-refractivity contribution is 8.00. The number of fused-ring (bicyclic) bond motifs is 6. The summed E-state index contributed by atoms with van der Waals surface area (Å²) in [5.41, 5.74) is 8.38. The highest BCUT2D eigenvalue weighted by Gasteiger charge is 2.34. The van der Waals surface area contributed by atoms with Crippen LogP contribution in [0.1, 0.15) is 16.8 Å². The average molecular weight is 507 g/mol. The minimum Gasteiger partial charge on any atom is -0.282 e. The van der Waals surface area contributed by atoms with E-state index in [1.54, 1.807) is 0 Å². The Morgan fingerprint density at radius 2 is 1.29 bits per heavy atom. The maximum Gasteiger partial charge on any atom is 0.238 e. The molecule has 38 heavy (non-hydrogen) atoms. The molecule has 2 aliphatic rings. The summed E-state index contributed by atoms with van der Waals surface area (Å²) in [6.45, 7) is 0. The predicted octanol–water partition coefficient (Wildman–Crippen LogP) is 7.72. The number of thioether (sulfide) groups is 1. The van der Waals surface area contributed by atoms with E-state index in [1.165, 1.54) is 32.7 Å². The standard InChI is InChI=1S/C33H22N4S/c1-3-11-21(12-4-1)31-34-32(22-13-5-2-6-14-22)36-33(35-31)37-27-17-9-7-15-23(27)25-19-26-24-16-8-10-18-29(24)38-30(26)20-28(25)37/h1-19,30H,20H2. The molecule has 5 heteroatoms. The maximum atomic E-state index is 5.07. The minimum atomic E-state index is 0.381. The van der Waals surface area contributed by atoms with Gasteiger partial charge < -0.3 is 0 Å². The predicted molar refractivity (Wildman–Crippen MR) is 155 cm³/mol. The molecule has 4 nitrogen and oxygen atoms in total. The molecular formula is C33H22N4S. The van der Waals surface area contributed by atoms with Crippen molar-refractivity contribution < 1.29 is 0 Å². The Balaban J connectivity index is 1.39. The monoisotopic (exact) mass is 506 g/mol. The largest absolute Gasteiger partial charge is 0.282 e. The highest BCUT2D eigenvalue weighted by atomic mass is 32.2. The van der Waals surface area contributed by atoms with Crippen LogP contribution >= 0.6 is 11.8 Å². The molecule has 1 aliphatic heterocycles. The van der Waals surface area contributed by atoms with Crippen molar-refractivity contribution in [2.75, 3.05) is 0 Å². The third-order valence-corrected chi connectivity index (χ3v) is 8.71. The summed E-state index contributed by atoms with van der Waals surface area (Å²) in [6, 6.07) is 37.7. The van der Waals surface area contributed by atoms with Gasteiger partial charge in [0.15, 0.2) is 11.6 Å². The summed E-state index contributed by atoms with van der Waals surface area (Å²) in [5.74, 6) is 2.01. The number of para-hydroxylation sites is 1. The first-order valence-corrected chi connectivity index (χ1v) is 13.7. The summed E-state index contributed by atoms with van der Waals surface area (Å²) < 4.78 is 2.27. The van der Waals surface area contributed by atoms with Crippen molar-refractivity contribution in [3.63, 3.8) is 0 Å². The van der Waals surface area contributed by atoms with E-state index in [-0.39, 0.29) is 0 Å². The molecule has 0 saturated carbocycles. The van der Waals surface area contributed by atoms with Crippen LogP contribution in [0.25, 0.3) is 51.3 Å². The van der Waals surface area contributed by atoms with Gasteiger partial charge in [0.05, 0.1) is 5.52 Å². The quantitative estimate of drug-likeness (QED) is 0.246. The molecule has 0 saturated heterocycles. The third kappa shape index (κ3) is 3.36. The van der Waals surface area contributed by atoms with Gasteiger partial charge in [-0.1, -0.05) is 97.1 Å². The normalized spacial score (nSPS) is 15.6. The zero-order chi connectivity index (χ0) is 25.1. The number of aromatic nitrogens is 4. The molecule has 1 aliphatic carbocycles. The van der Waals surface area contributed by atoms with E-state index >= 15 is 0 Å². The average Bonchev–Trinajstić information content (AvgIpc) is 3.51. The van der Waals surface area contributed by atoms with E-state index < -0.39 is 0 Å². The lowest BCUT2D eigenvalue weighted by Gasteiger charge is -2.20. The Morgan fingerprint density at radius 1 is 0.658 bits per heavy atom. The van der Waals surface area contributed by atoms with Gasteiger partial charge in [0.1, 0.15) is 0 Å². The van der Waals surface area contributed by atoms with E-state index in [2.05, 4.69) is 83.4 Å². The lowest BCUT2D eigenvalue weighted by Crippen LogP contribution is -2.16. The third-order valence-electron chi connectivity index (χ3n) is 7.40. The van der Waals surface area contributed by atoms with Crippen LogP contribution in [0.5, 0.6) is 0 Å². The van der Waals surface area contributed by atoms with E-state index in [9.17, 15) is 0 Å². The maximum absolute atomic E-state index is 5.07. The van der Waals surface area contributed by atoms with Gasteiger partial charge in [0.2, 0.25) is 5.95 Å². The van der Waals surface area contributed by atoms with Crippen LogP contribution in [0.3, 0.4) is 0 Å². The number of benzene rings is 4. The molecule has 3 heterocycles.